The SMILES string of the molecule is O=C1c2ccccc2COc2ccc(CCl)cc21. The third-order valence-electron chi connectivity index (χ3n) is 3.09. The number of carbonyl (C=O) groups excluding carboxylic acids is 1. The Morgan fingerprint density at radius 1 is 1.11 bits per heavy atom. The average molecular weight is 259 g/mol. The van der Waals surface area contributed by atoms with E-state index in [9.17, 15) is 4.79 Å². The highest BCUT2D eigenvalue weighted by Gasteiger charge is 2.21. The first kappa shape index (κ1) is 11.3. The van der Waals surface area contributed by atoms with Gasteiger partial charge in [0, 0.05) is 17.0 Å². The Labute approximate surface area is 110 Å². The highest BCUT2D eigenvalue weighted by Crippen LogP contribution is 2.29. The van der Waals surface area contributed by atoms with E-state index in [1.807, 2.05) is 42.5 Å². The third-order valence-corrected chi connectivity index (χ3v) is 3.40. The Morgan fingerprint density at radius 3 is 2.78 bits per heavy atom. The number of benzene rings is 2. The van der Waals surface area contributed by atoms with Crippen molar-refractivity contribution in [2.45, 2.75) is 12.5 Å². The summed E-state index contributed by atoms with van der Waals surface area (Å²) in [5, 5.41) is 0. The smallest absolute Gasteiger partial charge is 0.197 e. The van der Waals surface area contributed by atoms with Gasteiger partial charge in [-0.2, -0.15) is 0 Å². The molecule has 0 unspecified atom stereocenters. The van der Waals surface area contributed by atoms with Crippen molar-refractivity contribution >= 4 is 17.4 Å². The second-order valence-corrected chi connectivity index (χ2v) is 4.51. The van der Waals surface area contributed by atoms with Gasteiger partial charge in [0.2, 0.25) is 0 Å². The van der Waals surface area contributed by atoms with Crippen molar-refractivity contribution in [1.29, 1.82) is 0 Å². The molecule has 18 heavy (non-hydrogen) atoms. The highest BCUT2D eigenvalue weighted by atomic mass is 35.5. The van der Waals surface area contributed by atoms with E-state index in [0.29, 0.717) is 29.4 Å². The van der Waals surface area contributed by atoms with Gasteiger partial charge in [-0.15, -0.1) is 11.6 Å². The van der Waals surface area contributed by atoms with E-state index < -0.39 is 0 Å². The molecule has 0 N–H and O–H groups in total. The van der Waals surface area contributed by atoms with Crippen LogP contribution in [0.2, 0.25) is 0 Å². The fraction of sp³-hybridized carbons (Fsp3) is 0.133. The Balaban J connectivity index is 2.17. The molecule has 2 aromatic carbocycles. The van der Waals surface area contributed by atoms with E-state index in [0.717, 1.165) is 11.1 Å². The summed E-state index contributed by atoms with van der Waals surface area (Å²) in [6.45, 7) is 0.426. The maximum Gasteiger partial charge on any atom is 0.197 e. The fourth-order valence-electron chi connectivity index (χ4n) is 2.13. The maximum absolute atomic E-state index is 12.5. The van der Waals surface area contributed by atoms with Gasteiger partial charge in [0.25, 0.3) is 0 Å². The lowest BCUT2D eigenvalue weighted by Crippen LogP contribution is -2.02. The number of halogens is 1. The van der Waals surface area contributed by atoms with Crippen LogP contribution in [0.5, 0.6) is 5.75 Å². The molecule has 1 aliphatic heterocycles. The van der Waals surface area contributed by atoms with Gasteiger partial charge in [-0.3, -0.25) is 4.79 Å². The standard InChI is InChI=1S/C15H11ClO2/c16-8-10-5-6-14-13(7-10)15(17)12-4-2-1-3-11(12)9-18-14/h1-7H,8-9H2. The number of hydrogen-bond donors (Lipinski definition) is 0. The summed E-state index contributed by atoms with van der Waals surface area (Å²) in [7, 11) is 0. The number of fused-ring (bicyclic) bond motifs is 2. The number of hydrogen-bond acceptors (Lipinski definition) is 2. The van der Waals surface area contributed by atoms with Crippen LogP contribution in [-0.4, -0.2) is 5.78 Å². The molecule has 0 radical (unpaired) electrons. The van der Waals surface area contributed by atoms with E-state index in [1.54, 1.807) is 0 Å². The summed E-state index contributed by atoms with van der Waals surface area (Å²) in [4.78, 5) is 12.5. The lowest BCUT2D eigenvalue weighted by atomic mass is 9.98. The van der Waals surface area contributed by atoms with E-state index >= 15 is 0 Å². The molecule has 0 aliphatic carbocycles. The molecule has 0 fully saturated rings. The summed E-state index contributed by atoms with van der Waals surface area (Å²) >= 11 is 5.81. The van der Waals surface area contributed by atoms with Gasteiger partial charge in [0.1, 0.15) is 12.4 Å². The lowest BCUT2D eigenvalue weighted by molar-refractivity contribution is 0.103. The quantitative estimate of drug-likeness (QED) is 0.731. The molecule has 90 valence electrons. The third kappa shape index (κ3) is 1.79. The molecule has 2 nitrogen and oxygen atoms in total. The minimum atomic E-state index is 0.00469. The van der Waals surface area contributed by atoms with Crippen LogP contribution in [0.1, 0.15) is 27.0 Å². The van der Waals surface area contributed by atoms with Gasteiger partial charge < -0.3 is 4.74 Å². The van der Waals surface area contributed by atoms with Crippen molar-refractivity contribution in [3.63, 3.8) is 0 Å². The number of rotatable bonds is 1. The number of ether oxygens (including phenoxy) is 1. The molecule has 3 rings (SSSR count). The fourth-order valence-corrected chi connectivity index (χ4v) is 2.30. The molecular weight excluding hydrogens is 248 g/mol. The Bertz CT molecular complexity index is 620. The highest BCUT2D eigenvalue weighted by molar-refractivity contribution is 6.17. The van der Waals surface area contributed by atoms with Crippen LogP contribution in [-0.2, 0) is 12.5 Å². The van der Waals surface area contributed by atoms with Crippen LogP contribution < -0.4 is 4.74 Å². The zero-order valence-corrected chi connectivity index (χ0v) is 10.4. The molecule has 0 bridgehead atoms. The molecule has 0 amide bonds. The monoisotopic (exact) mass is 258 g/mol. The molecule has 0 atom stereocenters. The van der Waals surface area contributed by atoms with Gasteiger partial charge in [-0.25, -0.2) is 0 Å². The van der Waals surface area contributed by atoms with Gasteiger partial charge in [-0.1, -0.05) is 30.3 Å². The summed E-state index contributed by atoms with van der Waals surface area (Å²) in [5.74, 6) is 1.03. The Hall–Kier alpha value is -1.80. The maximum atomic E-state index is 12.5. The molecule has 2 aromatic rings. The molecule has 3 heteroatoms. The predicted molar refractivity (Wildman–Crippen MR) is 70.2 cm³/mol. The Morgan fingerprint density at radius 2 is 1.94 bits per heavy atom. The molecular formula is C15H11ClO2. The second-order valence-electron chi connectivity index (χ2n) is 4.24. The molecule has 1 aliphatic rings. The summed E-state index contributed by atoms with van der Waals surface area (Å²) in [6.07, 6.45) is 0. The van der Waals surface area contributed by atoms with Crippen LogP contribution >= 0.6 is 11.6 Å². The first-order valence-corrected chi connectivity index (χ1v) is 6.27. The first-order chi connectivity index (χ1) is 8.79. The van der Waals surface area contributed by atoms with Crippen LogP contribution in [0.15, 0.2) is 42.5 Å². The average Bonchev–Trinajstić information content (AvgIpc) is 2.57. The zero-order chi connectivity index (χ0) is 12.5. The Kier molecular flexibility index (Phi) is 2.80. The molecule has 0 aromatic heterocycles. The zero-order valence-electron chi connectivity index (χ0n) is 9.65. The summed E-state index contributed by atoms with van der Waals surface area (Å²) in [6, 6.07) is 13.0. The summed E-state index contributed by atoms with van der Waals surface area (Å²) < 4.78 is 5.68. The topological polar surface area (TPSA) is 26.3 Å². The predicted octanol–water partition coefficient (Wildman–Crippen LogP) is 3.55. The van der Waals surface area contributed by atoms with Gasteiger partial charge in [-0.05, 0) is 17.7 Å². The molecule has 0 saturated heterocycles. The van der Waals surface area contributed by atoms with E-state index in [1.165, 1.54) is 0 Å². The van der Waals surface area contributed by atoms with Crippen LogP contribution in [0.25, 0.3) is 0 Å². The first-order valence-electron chi connectivity index (χ1n) is 5.74. The van der Waals surface area contributed by atoms with E-state index in [2.05, 4.69) is 0 Å². The largest absolute Gasteiger partial charge is 0.488 e. The van der Waals surface area contributed by atoms with Crippen molar-refractivity contribution in [3.05, 3.63) is 64.7 Å². The molecule has 0 spiro atoms. The second kappa shape index (κ2) is 4.46. The lowest BCUT2D eigenvalue weighted by Gasteiger charge is -2.06. The van der Waals surface area contributed by atoms with Crippen molar-refractivity contribution in [1.82, 2.24) is 0 Å². The minimum Gasteiger partial charge on any atom is -0.488 e. The molecule has 1 heterocycles. The number of ketones is 1. The van der Waals surface area contributed by atoms with Crippen LogP contribution in [0.4, 0.5) is 0 Å². The van der Waals surface area contributed by atoms with Crippen molar-refractivity contribution in [2.75, 3.05) is 0 Å². The van der Waals surface area contributed by atoms with Crippen molar-refractivity contribution in [3.8, 4) is 5.75 Å². The van der Waals surface area contributed by atoms with Crippen molar-refractivity contribution < 1.29 is 9.53 Å². The van der Waals surface area contributed by atoms with Crippen LogP contribution in [0, 0.1) is 0 Å². The van der Waals surface area contributed by atoms with Gasteiger partial charge >= 0.3 is 0 Å². The summed E-state index contributed by atoms with van der Waals surface area (Å²) in [5.41, 5.74) is 3.15. The van der Waals surface area contributed by atoms with Gasteiger partial charge in [0.15, 0.2) is 5.78 Å². The van der Waals surface area contributed by atoms with E-state index in [-0.39, 0.29) is 5.78 Å². The van der Waals surface area contributed by atoms with Crippen molar-refractivity contribution in [2.24, 2.45) is 0 Å². The minimum absolute atomic E-state index is 0.00469. The number of carbonyl (C=O) groups is 1. The van der Waals surface area contributed by atoms with E-state index in [4.69, 9.17) is 16.3 Å². The van der Waals surface area contributed by atoms with Gasteiger partial charge in [0.05, 0.1) is 5.56 Å². The number of alkyl halides is 1. The van der Waals surface area contributed by atoms with Crippen LogP contribution in [0.3, 0.4) is 0 Å². The normalized spacial score (nSPS) is 13.3. The molecule has 0 saturated carbocycles.